The summed E-state index contributed by atoms with van der Waals surface area (Å²) >= 11 is 1.72. The number of nitrogens with one attached hydrogen (secondary N) is 1. The molecule has 0 atom stereocenters. The molecule has 32 heavy (non-hydrogen) atoms. The van der Waals surface area contributed by atoms with Crippen molar-refractivity contribution in [3.63, 3.8) is 0 Å². The van der Waals surface area contributed by atoms with Gasteiger partial charge in [-0.05, 0) is 61.8 Å². The lowest BCUT2D eigenvalue weighted by Crippen LogP contribution is -2.36. The van der Waals surface area contributed by atoms with Crippen LogP contribution in [0.3, 0.4) is 0 Å². The fourth-order valence-corrected chi connectivity index (χ4v) is 6.34. The van der Waals surface area contributed by atoms with Crippen molar-refractivity contribution in [3.8, 4) is 0 Å². The molecule has 2 aromatic rings. The highest BCUT2D eigenvalue weighted by Crippen LogP contribution is 2.40. The lowest BCUT2D eigenvalue weighted by molar-refractivity contribution is 0.0927. The minimum Gasteiger partial charge on any atom is -0.378 e. The van der Waals surface area contributed by atoms with E-state index in [-0.39, 0.29) is 5.91 Å². The van der Waals surface area contributed by atoms with E-state index in [1.807, 2.05) is 6.21 Å². The smallest absolute Gasteiger partial charge is 0.254 e. The maximum absolute atomic E-state index is 13.3. The first-order chi connectivity index (χ1) is 15.8. The number of aryl methyl sites for hydroxylation is 1. The lowest BCUT2D eigenvalue weighted by Gasteiger charge is -2.28. The summed E-state index contributed by atoms with van der Waals surface area (Å²) in [5.74, 6) is 0.0890. The monoisotopic (exact) mass is 451 g/mol. The van der Waals surface area contributed by atoms with E-state index < -0.39 is 0 Å². The predicted octanol–water partition coefficient (Wildman–Crippen LogP) is 5.28. The molecule has 6 heteroatoms. The number of carbonyl (C=O) groups is 1. The van der Waals surface area contributed by atoms with Crippen molar-refractivity contribution in [2.45, 2.75) is 63.8 Å². The van der Waals surface area contributed by atoms with E-state index >= 15 is 0 Å². The van der Waals surface area contributed by atoms with Crippen molar-refractivity contribution in [1.82, 2.24) is 5.32 Å². The number of ether oxygens (including phenoxy) is 1. The molecule has 3 aliphatic rings. The first-order valence-corrected chi connectivity index (χ1v) is 13.0. The van der Waals surface area contributed by atoms with Gasteiger partial charge in [0.05, 0.1) is 18.8 Å². The van der Waals surface area contributed by atoms with Gasteiger partial charge in [-0.3, -0.25) is 4.79 Å². The molecule has 1 aliphatic heterocycles. The van der Waals surface area contributed by atoms with Gasteiger partial charge in [-0.15, -0.1) is 11.3 Å². The van der Waals surface area contributed by atoms with Crippen LogP contribution in [0.1, 0.15) is 71.3 Å². The van der Waals surface area contributed by atoms with Crippen LogP contribution in [0.5, 0.6) is 0 Å². The second-order valence-electron chi connectivity index (χ2n) is 9.15. The van der Waals surface area contributed by atoms with E-state index in [0.29, 0.717) is 6.04 Å². The molecule has 1 amide bonds. The molecule has 2 aliphatic carbocycles. The Balaban J connectivity index is 1.35. The fourth-order valence-electron chi connectivity index (χ4n) is 5.11. The average molecular weight is 452 g/mol. The zero-order valence-electron chi connectivity index (χ0n) is 18.8. The Bertz CT molecular complexity index is 954. The Morgan fingerprint density at radius 3 is 2.56 bits per heavy atom. The average Bonchev–Trinajstić information content (AvgIpc) is 3.23. The highest BCUT2D eigenvalue weighted by atomic mass is 32.1. The molecule has 1 saturated heterocycles. The number of morpholine rings is 1. The zero-order valence-corrected chi connectivity index (χ0v) is 19.6. The Morgan fingerprint density at radius 1 is 1.03 bits per heavy atom. The van der Waals surface area contributed by atoms with Gasteiger partial charge in [-0.1, -0.05) is 31.4 Å². The standard InChI is InChI=1S/C26H33N3O2S/c30-25(28-20-6-2-1-3-7-20)24-22-8-4-5-9-23(22)32-26(24)27-18-19-10-12-21(13-11-19)29-14-16-31-17-15-29/h10-13,18,20H,1-9,14-17H2,(H,28,30)/b27-18-. The van der Waals surface area contributed by atoms with Gasteiger partial charge >= 0.3 is 0 Å². The third kappa shape index (κ3) is 4.91. The molecule has 1 N–H and O–H groups in total. The van der Waals surface area contributed by atoms with Crippen LogP contribution in [-0.2, 0) is 17.6 Å². The number of hydrogen-bond acceptors (Lipinski definition) is 5. The molecule has 5 nitrogen and oxygen atoms in total. The molecule has 5 rings (SSSR count). The minimum absolute atomic E-state index is 0.0890. The van der Waals surface area contributed by atoms with Crippen molar-refractivity contribution in [2.75, 3.05) is 31.2 Å². The van der Waals surface area contributed by atoms with Crippen LogP contribution in [-0.4, -0.2) is 44.5 Å². The molecular formula is C26H33N3O2S. The topological polar surface area (TPSA) is 53.9 Å². The molecule has 1 aromatic heterocycles. The summed E-state index contributed by atoms with van der Waals surface area (Å²) in [5, 5.41) is 4.21. The van der Waals surface area contributed by atoms with Gasteiger partial charge in [-0.25, -0.2) is 4.99 Å². The van der Waals surface area contributed by atoms with Crippen LogP contribution < -0.4 is 10.2 Å². The number of thiophene rings is 1. The van der Waals surface area contributed by atoms with Gasteiger partial charge in [0.1, 0.15) is 5.00 Å². The summed E-state index contributed by atoms with van der Waals surface area (Å²) in [6, 6.07) is 8.86. The summed E-state index contributed by atoms with van der Waals surface area (Å²) in [6.07, 6.45) is 12.3. The second kappa shape index (κ2) is 10.2. The number of rotatable bonds is 5. The summed E-state index contributed by atoms with van der Waals surface area (Å²) in [4.78, 5) is 21.9. The third-order valence-corrected chi connectivity index (χ3v) is 8.12. The van der Waals surface area contributed by atoms with Gasteiger partial charge in [0, 0.05) is 35.9 Å². The van der Waals surface area contributed by atoms with E-state index in [1.54, 1.807) is 11.3 Å². The van der Waals surface area contributed by atoms with Gasteiger partial charge in [0.15, 0.2) is 0 Å². The molecule has 0 unspecified atom stereocenters. The summed E-state index contributed by atoms with van der Waals surface area (Å²) in [7, 11) is 0. The highest BCUT2D eigenvalue weighted by Gasteiger charge is 2.27. The first kappa shape index (κ1) is 21.7. The van der Waals surface area contributed by atoms with Gasteiger partial charge in [0.25, 0.3) is 5.91 Å². The van der Waals surface area contributed by atoms with Crippen molar-refractivity contribution >= 4 is 34.1 Å². The number of hydrogen-bond donors (Lipinski definition) is 1. The Labute approximate surface area is 194 Å². The maximum atomic E-state index is 13.3. The van der Waals surface area contributed by atoms with Gasteiger partial charge < -0.3 is 15.0 Å². The normalized spacial score (nSPS) is 19.8. The van der Waals surface area contributed by atoms with Crippen LogP contribution in [0.2, 0.25) is 0 Å². The molecule has 2 fully saturated rings. The number of anilines is 1. The number of nitrogens with zero attached hydrogens (tertiary/aromatic N) is 2. The predicted molar refractivity (Wildman–Crippen MR) is 132 cm³/mol. The SMILES string of the molecule is O=C(NC1CCCCC1)c1c(/N=C\c2ccc(N3CCOCC3)cc2)sc2c1CCCC2. The van der Waals surface area contributed by atoms with Crippen LogP contribution in [0.15, 0.2) is 29.3 Å². The Kier molecular flexibility index (Phi) is 6.89. The zero-order chi connectivity index (χ0) is 21.8. The van der Waals surface area contributed by atoms with Gasteiger partial charge in [0.2, 0.25) is 0 Å². The number of fused-ring (bicyclic) bond motifs is 1. The lowest BCUT2D eigenvalue weighted by atomic mass is 9.93. The fraction of sp³-hybridized carbons (Fsp3) is 0.538. The van der Waals surface area contributed by atoms with Crippen LogP contribution in [0, 0.1) is 0 Å². The van der Waals surface area contributed by atoms with E-state index in [0.717, 1.165) is 68.1 Å². The van der Waals surface area contributed by atoms with E-state index in [4.69, 9.17) is 9.73 Å². The number of amides is 1. The Hall–Kier alpha value is -2.18. The highest BCUT2D eigenvalue weighted by molar-refractivity contribution is 7.16. The van der Waals surface area contributed by atoms with Crippen LogP contribution in [0.4, 0.5) is 10.7 Å². The van der Waals surface area contributed by atoms with Crippen LogP contribution >= 0.6 is 11.3 Å². The quantitative estimate of drug-likeness (QED) is 0.630. The minimum atomic E-state index is 0.0890. The molecule has 170 valence electrons. The van der Waals surface area contributed by atoms with Crippen molar-refractivity contribution in [2.24, 2.45) is 4.99 Å². The largest absolute Gasteiger partial charge is 0.378 e. The molecule has 1 saturated carbocycles. The number of aliphatic imine (C=N–C) groups is 1. The molecule has 2 heterocycles. The summed E-state index contributed by atoms with van der Waals surface area (Å²) < 4.78 is 5.45. The second-order valence-corrected chi connectivity index (χ2v) is 10.2. The number of carbonyl (C=O) groups excluding carboxylic acids is 1. The molecule has 0 radical (unpaired) electrons. The van der Waals surface area contributed by atoms with Crippen molar-refractivity contribution < 1.29 is 9.53 Å². The first-order valence-electron chi connectivity index (χ1n) is 12.2. The van der Waals surface area contributed by atoms with Gasteiger partial charge in [-0.2, -0.15) is 0 Å². The van der Waals surface area contributed by atoms with E-state index in [9.17, 15) is 4.79 Å². The summed E-state index contributed by atoms with van der Waals surface area (Å²) in [6.45, 7) is 3.46. The van der Waals surface area contributed by atoms with Crippen molar-refractivity contribution in [3.05, 3.63) is 45.8 Å². The Morgan fingerprint density at radius 2 is 1.78 bits per heavy atom. The maximum Gasteiger partial charge on any atom is 0.254 e. The molecule has 0 bridgehead atoms. The van der Waals surface area contributed by atoms with E-state index in [2.05, 4.69) is 34.5 Å². The van der Waals surface area contributed by atoms with Crippen molar-refractivity contribution in [1.29, 1.82) is 0 Å². The van der Waals surface area contributed by atoms with Crippen LogP contribution in [0.25, 0.3) is 0 Å². The summed E-state index contributed by atoms with van der Waals surface area (Å²) in [5.41, 5.74) is 4.39. The molecular weight excluding hydrogens is 418 g/mol. The third-order valence-electron chi connectivity index (χ3n) is 6.92. The molecule has 1 aromatic carbocycles. The van der Waals surface area contributed by atoms with E-state index in [1.165, 1.54) is 48.2 Å². The molecule has 0 spiro atoms. The number of benzene rings is 1.